The molecule has 1 aromatic carbocycles. The second-order valence-electron chi connectivity index (χ2n) is 4.74. The Morgan fingerprint density at radius 2 is 1.90 bits per heavy atom. The van der Waals surface area contributed by atoms with Gasteiger partial charge in [0.1, 0.15) is 5.82 Å². The fraction of sp³-hybridized carbons (Fsp3) is 0.500. The molecule has 112 valence electrons. The lowest BCUT2D eigenvalue weighted by Gasteiger charge is -2.20. The van der Waals surface area contributed by atoms with E-state index in [4.69, 9.17) is 5.11 Å². The predicted molar refractivity (Wildman–Crippen MR) is 75.8 cm³/mol. The predicted octanol–water partition coefficient (Wildman–Crippen LogP) is 0.891. The van der Waals surface area contributed by atoms with E-state index in [2.05, 4.69) is 5.32 Å². The molecule has 0 aliphatic rings. The zero-order valence-corrected chi connectivity index (χ0v) is 12.0. The summed E-state index contributed by atoms with van der Waals surface area (Å²) in [6.45, 7) is 2.18. The number of likely N-dealkylation sites (N-methyl/N-ethyl adjacent to an activating group) is 2. The molecule has 0 saturated heterocycles. The number of aliphatic hydroxyl groups is 1. The second-order valence-corrected chi connectivity index (χ2v) is 4.74. The SMILES string of the molecule is CN(CCNC(=O)N(C)CCO)Cc1ccc(F)cc1. The van der Waals surface area contributed by atoms with Crippen molar-refractivity contribution in [3.63, 3.8) is 0 Å². The van der Waals surface area contributed by atoms with Crippen LogP contribution in [0.5, 0.6) is 0 Å². The minimum Gasteiger partial charge on any atom is -0.395 e. The summed E-state index contributed by atoms with van der Waals surface area (Å²) in [6.07, 6.45) is 0. The Balaban J connectivity index is 2.24. The zero-order valence-electron chi connectivity index (χ0n) is 12.0. The van der Waals surface area contributed by atoms with Gasteiger partial charge in [-0.1, -0.05) is 12.1 Å². The average Bonchev–Trinajstić information content (AvgIpc) is 2.41. The second kappa shape index (κ2) is 8.50. The van der Waals surface area contributed by atoms with Gasteiger partial charge in [-0.15, -0.1) is 0 Å². The van der Waals surface area contributed by atoms with Gasteiger partial charge in [0.2, 0.25) is 0 Å². The molecule has 0 heterocycles. The largest absolute Gasteiger partial charge is 0.395 e. The van der Waals surface area contributed by atoms with Gasteiger partial charge in [-0.05, 0) is 24.7 Å². The minimum absolute atomic E-state index is 0.0472. The topological polar surface area (TPSA) is 55.8 Å². The molecule has 0 atom stereocenters. The van der Waals surface area contributed by atoms with Crippen LogP contribution in [0.4, 0.5) is 9.18 Å². The number of hydrogen-bond donors (Lipinski definition) is 2. The van der Waals surface area contributed by atoms with Crippen molar-refractivity contribution in [3.8, 4) is 0 Å². The lowest BCUT2D eigenvalue weighted by Crippen LogP contribution is -2.41. The third-order valence-corrected chi connectivity index (χ3v) is 2.92. The number of benzene rings is 1. The quantitative estimate of drug-likeness (QED) is 0.781. The van der Waals surface area contributed by atoms with Crippen molar-refractivity contribution in [1.29, 1.82) is 0 Å². The lowest BCUT2D eigenvalue weighted by atomic mass is 10.2. The van der Waals surface area contributed by atoms with Gasteiger partial charge in [0, 0.05) is 33.2 Å². The number of amides is 2. The third-order valence-electron chi connectivity index (χ3n) is 2.92. The van der Waals surface area contributed by atoms with Crippen molar-refractivity contribution in [3.05, 3.63) is 35.6 Å². The number of nitrogens with one attached hydrogen (secondary N) is 1. The molecule has 1 rings (SSSR count). The maximum Gasteiger partial charge on any atom is 0.317 e. The highest BCUT2D eigenvalue weighted by atomic mass is 19.1. The molecule has 0 aliphatic carbocycles. The van der Waals surface area contributed by atoms with Crippen LogP contribution in [-0.2, 0) is 6.54 Å². The van der Waals surface area contributed by atoms with E-state index >= 15 is 0 Å². The van der Waals surface area contributed by atoms with Crippen LogP contribution in [-0.4, -0.2) is 61.3 Å². The highest BCUT2D eigenvalue weighted by Gasteiger charge is 2.07. The minimum atomic E-state index is -0.240. The van der Waals surface area contributed by atoms with Gasteiger partial charge in [0.15, 0.2) is 0 Å². The first-order valence-corrected chi connectivity index (χ1v) is 6.55. The molecule has 0 radical (unpaired) electrons. The Morgan fingerprint density at radius 1 is 1.25 bits per heavy atom. The summed E-state index contributed by atoms with van der Waals surface area (Å²) in [5.41, 5.74) is 1.03. The van der Waals surface area contributed by atoms with Crippen molar-refractivity contribution >= 4 is 6.03 Å². The lowest BCUT2D eigenvalue weighted by molar-refractivity contribution is 0.189. The Kier molecular flexibility index (Phi) is 6.97. The Morgan fingerprint density at radius 3 is 2.50 bits per heavy atom. The summed E-state index contributed by atoms with van der Waals surface area (Å²) in [5, 5.41) is 11.5. The Hall–Kier alpha value is -1.66. The normalized spacial score (nSPS) is 10.7. The molecule has 0 aliphatic heterocycles. The number of urea groups is 1. The van der Waals surface area contributed by atoms with Crippen LogP contribution in [0.2, 0.25) is 0 Å². The number of carbonyl (C=O) groups is 1. The van der Waals surface area contributed by atoms with Crippen LogP contribution in [0.1, 0.15) is 5.56 Å². The number of halogens is 1. The summed E-state index contributed by atoms with van der Waals surface area (Å²) in [6, 6.07) is 6.18. The number of hydrogen-bond acceptors (Lipinski definition) is 3. The standard InChI is InChI=1S/C14H22FN3O2/c1-17(11-12-3-5-13(15)6-4-12)8-7-16-14(20)18(2)9-10-19/h3-6,19H,7-11H2,1-2H3,(H,16,20). The monoisotopic (exact) mass is 283 g/mol. The highest BCUT2D eigenvalue weighted by molar-refractivity contribution is 5.73. The van der Waals surface area contributed by atoms with Crippen LogP contribution in [0.25, 0.3) is 0 Å². The molecule has 0 spiro atoms. The van der Waals surface area contributed by atoms with E-state index in [9.17, 15) is 9.18 Å². The number of nitrogens with zero attached hydrogens (tertiary/aromatic N) is 2. The summed E-state index contributed by atoms with van der Waals surface area (Å²) in [7, 11) is 3.57. The van der Waals surface area contributed by atoms with Crippen molar-refractivity contribution in [2.75, 3.05) is 40.3 Å². The van der Waals surface area contributed by atoms with Crippen LogP contribution in [0.15, 0.2) is 24.3 Å². The third kappa shape index (κ3) is 5.99. The molecule has 0 aromatic heterocycles. The van der Waals surface area contributed by atoms with E-state index in [0.29, 0.717) is 26.2 Å². The Bertz CT molecular complexity index is 411. The molecule has 5 nitrogen and oxygen atoms in total. The van der Waals surface area contributed by atoms with Gasteiger partial charge in [-0.25, -0.2) is 9.18 Å². The maximum absolute atomic E-state index is 12.8. The molecule has 1 aromatic rings. The molecule has 2 amide bonds. The van der Waals surface area contributed by atoms with Crippen LogP contribution < -0.4 is 5.32 Å². The van der Waals surface area contributed by atoms with Crippen molar-refractivity contribution in [2.45, 2.75) is 6.54 Å². The summed E-state index contributed by atoms with van der Waals surface area (Å²) < 4.78 is 12.8. The number of aliphatic hydroxyl groups excluding tert-OH is 1. The van der Waals surface area contributed by atoms with Crippen LogP contribution >= 0.6 is 0 Å². The van der Waals surface area contributed by atoms with Gasteiger partial charge < -0.3 is 20.2 Å². The first-order valence-electron chi connectivity index (χ1n) is 6.55. The van der Waals surface area contributed by atoms with Gasteiger partial charge in [-0.3, -0.25) is 0 Å². The van der Waals surface area contributed by atoms with Gasteiger partial charge >= 0.3 is 6.03 Å². The van der Waals surface area contributed by atoms with Crippen molar-refractivity contribution in [2.24, 2.45) is 0 Å². The molecule has 6 heteroatoms. The summed E-state index contributed by atoms with van der Waals surface area (Å²) in [4.78, 5) is 15.0. The first kappa shape index (κ1) is 16.4. The van der Waals surface area contributed by atoms with E-state index in [-0.39, 0.29) is 18.5 Å². The number of carbonyl (C=O) groups excluding carboxylic acids is 1. The number of rotatable bonds is 7. The summed E-state index contributed by atoms with van der Waals surface area (Å²) in [5.74, 6) is -0.240. The van der Waals surface area contributed by atoms with Gasteiger partial charge in [0.25, 0.3) is 0 Å². The smallest absolute Gasteiger partial charge is 0.317 e. The van der Waals surface area contributed by atoms with Crippen LogP contribution in [0, 0.1) is 5.82 Å². The highest BCUT2D eigenvalue weighted by Crippen LogP contribution is 2.04. The van der Waals surface area contributed by atoms with Gasteiger partial charge in [-0.2, -0.15) is 0 Å². The molecule has 0 unspecified atom stereocenters. The van der Waals surface area contributed by atoms with E-state index in [0.717, 1.165) is 5.56 Å². The molecule has 20 heavy (non-hydrogen) atoms. The molecule has 0 bridgehead atoms. The molecule has 0 fully saturated rings. The zero-order chi connectivity index (χ0) is 15.0. The molecule has 2 N–H and O–H groups in total. The van der Waals surface area contributed by atoms with Crippen LogP contribution in [0.3, 0.4) is 0 Å². The fourth-order valence-corrected chi connectivity index (χ4v) is 1.72. The fourth-order valence-electron chi connectivity index (χ4n) is 1.72. The summed E-state index contributed by atoms with van der Waals surface area (Å²) >= 11 is 0. The molecule has 0 saturated carbocycles. The van der Waals surface area contributed by atoms with E-state index in [1.165, 1.54) is 17.0 Å². The first-order chi connectivity index (χ1) is 9.52. The van der Waals surface area contributed by atoms with Crippen molar-refractivity contribution < 1.29 is 14.3 Å². The maximum atomic E-state index is 12.8. The average molecular weight is 283 g/mol. The Labute approximate surface area is 119 Å². The molecular formula is C14H22FN3O2. The van der Waals surface area contributed by atoms with Crippen molar-refractivity contribution in [1.82, 2.24) is 15.1 Å². The molecular weight excluding hydrogens is 261 g/mol. The van der Waals surface area contributed by atoms with E-state index in [1.807, 2.05) is 11.9 Å². The van der Waals surface area contributed by atoms with E-state index in [1.54, 1.807) is 19.2 Å². The van der Waals surface area contributed by atoms with E-state index < -0.39 is 0 Å². The van der Waals surface area contributed by atoms with Gasteiger partial charge in [0.05, 0.1) is 6.61 Å².